The average molecular weight is 340 g/mol. The molecule has 1 unspecified atom stereocenters. The molecule has 0 bridgehead atoms. The Morgan fingerprint density at radius 1 is 1.22 bits per heavy atom. The summed E-state index contributed by atoms with van der Waals surface area (Å²) in [6, 6.07) is 9.69. The van der Waals surface area contributed by atoms with E-state index in [0.29, 0.717) is 12.2 Å². The van der Waals surface area contributed by atoms with Crippen LogP contribution in [0.3, 0.4) is 0 Å². The minimum absolute atomic E-state index is 0.147. The van der Waals surface area contributed by atoms with Gasteiger partial charge in [-0.25, -0.2) is 8.78 Å². The summed E-state index contributed by atoms with van der Waals surface area (Å²) >= 11 is 5.90. The number of hydrogen-bond donors (Lipinski definition) is 2. The number of quaternary nitrogens is 1. The molecule has 0 aliphatic carbocycles. The van der Waals surface area contributed by atoms with E-state index < -0.39 is 5.82 Å². The molecule has 0 saturated heterocycles. The highest BCUT2D eigenvalue weighted by Crippen LogP contribution is 2.22. The fraction of sp³-hybridized carbons (Fsp3) is 0.235. The van der Waals surface area contributed by atoms with Crippen molar-refractivity contribution in [1.82, 2.24) is 0 Å². The topological polar surface area (TPSA) is 33.5 Å². The van der Waals surface area contributed by atoms with E-state index in [0.717, 1.165) is 16.5 Å². The zero-order valence-corrected chi connectivity index (χ0v) is 13.6. The van der Waals surface area contributed by atoms with Crippen LogP contribution in [-0.4, -0.2) is 19.0 Å². The third-order valence-corrected chi connectivity index (χ3v) is 4.01. The summed E-state index contributed by atoms with van der Waals surface area (Å²) in [6.07, 6.45) is 0. The Hall–Kier alpha value is -1.98. The second-order valence-corrected chi connectivity index (χ2v) is 5.90. The van der Waals surface area contributed by atoms with E-state index in [1.165, 1.54) is 24.3 Å². The Balaban J connectivity index is 2.01. The maximum atomic E-state index is 13.2. The Labute approximate surface area is 138 Å². The predicted molar refractivity (Wildman–Crippen MR) is 86.5 cm³/mol. The third kappa shape index (κ3) is 4.74. The van der Waals surface area contributed by atoms with E-state index >= 15 is 0 Å². The number of rotatable bonds is 5. The standard InChI is InChI=1S/C17H17ClF2N2O/c1-11(22(2)10-12-4-3-5-13(19)8-12)17(23)21-16-7-6-14(20)9-15(16)18/h3-9,11H,10H2,1-2H3,(H,21,23)/p+1/t11-/m1/s1. The highest BCUT2D eigenvalue weighted by Gasteiger charge is 2.22. The van der Waals surface area contributed by atoms with Crippen LogP contribution in [0.25, 0.3) is 0 Å². The van der Waals surface area contributed by atoms with Crippen LogP contribution in [0.4, 0.5) is 14.5 Å². The van der Waals surface area contributed by atoms with Gasteiger partial charge in [-0.1, -0.05) is 23.7 Å². The molecule has 0 aliphatic heterocycles. The van der Waals surface area contributed by atoms with Crippen LogP contribution in [0.1, 0.15) is 12.5 Å². The summed E-state index contributed by atoms with van der Waals surface area (Å²) in [6.45, 7) is 2.27. The summed E-state index contributed by atoms with van der Waals surface area (Å²) in [7, 11) is 1.85. The summed E-state index contributed by atoms with van der Waals surface area (Å²) < 4.78 is 26.2. The van der Waals surface area contributed by atoms with Gasteiger partial charge in [-0.3, -0.25) is 4.79 Å². The summed E-state index contributed by atoms with van der Waals surface area (Å²) in [5.74, 6) is -1.01. The number of carbonyl (C=O) groups is 1. The van der Waals surface area contributed by atoms with Crippen LogP contribution in [0.5, 0.6) is 0 Å². The van der Waals surface area contributed by atoms with E-state index in [2.05, 4.69) is 5.32 Å². The molecule has 0 aromatic heterocycles. The lowest BCUT2D eigenvalue weighted by Gasteiger charge is -2.21. The van der Waals surface area contributed by atoms with Crippen LogP contribution in [0, 0.1) is 11.6 Å². The van der Waals surface area contributed by atoms with Crippen molar-refractivity contribution in [3.8, 4) is 0 Å². The molecule has 3 nitrogen and oxygen atoms in total. The quantitative estimate of drug-likeness (QED) is 0.862. The van der Waals surface area contributed by atoms with Crippen molar-refractivity contribution in [3.05, 3.63) is 64.7 Å². The molecule has 0 spiro atoms. The maximum Gasteiger partial charge on any atom is 0.282 e. The number of hydrogen-bond acceptors (Lipinski definition) is 1. The lowest BCUT2D eigenvalue weighted by molar-refractivity contribution is -0.907. The van der Waals surface area contributed by atoms with Crippen molar-refractivity contribution in [3.63, 3.8) is 0 Å². The zero-order chi connectivity index (χ0) is 17.0. The first kappa shape index (κ1) is 17.4. The molecule has 2 aromatic rings. The predicted octanol–water partition coefficient (Wildman–Crippen LogP) is 2.66. The molecule has 23 heavy (non-hydrogen) atoms. The van der Waals surface area contributed by atoms with E-state index in [1.54, 1.807) is 13.0 Å². The van der Waals surface area contributed by atoms with Gasteiger partial charge in [-0.2, -0.15) is 0 Å². The normalized spacial score (nSPS) is 13.4. The molecule has 0 heterocycles. The second kappa shape index (κ2) is 7.53. The Bertz CT molecular complexity index is 709. The van der Waals surface area contributed by atoms with Gasteiger partial charge in [0.15, 0.2) is 6.04 Å². The number of anilines is 1. The van der Waals surface area contributed by atoms with Gasteiger partial charge >= 0.3 is 0 Å². The zero-order valence-electron chi connectivity index (χ0n) is 12.9. The largest absolute Gasteiger partial charge is 0.324 e. The van der Waals surface area contributed by atoms with Crippen molar-refractivity contribution >= 4 is 23.2 Å². The van der Waals surface area contributed by atoms with Gasteiger partial charge in [0.05, 0.1) is 17.8 Å². The number of likely N-dealkylation sites (N-methyl/N-ethyl adjacent to an activating group) is 1. The lowest BCUT2D eigenvalue weighted by atomic mass is 10.2. The number of benzene rings is 2. The number of amides is 1. The fourth-order valence-corrected chi connectivity index (χ4v) is 2.39. The van der Waals surface area contributed by atoms with Crippen molar-refractivity contribution in [1.29, 1.82) is 0 Å². The van der Waals surface area contributed by atoms with E-state index in [1.807, 2.05) is 13.1 Å². The van der Waals surface area contributed by atoms with Crippen LogP contribution >= 0.6 is 11.6 Å². The molecule has 6 heteroatoms. The van der Waals surface area contributed by atoms with Crippen LogP contribution in [-0.2, 0) is 11.3 Å². The van der Waals surface area contributed by atoms with Gasteiger partial charge in [0.25, 0.3) is 5.91 Å². The Morgan fingerprint density at radius 2 is 1.91 bits per heavy atom. The summed E-state index contributed by atoms with van der Waals surface area (Å²) in [4.78, 5) is 13.2. The van der Waals surface area contributed by atoms with E-state index in [9.17, 15) is 13.6 Å². The van der Waals surface area contributed by atoms with Gasteiger partial charge in [0.2, 0.25) is 0 Å². The van der Waals surface area contributed by atoms with Gasteiger partial charge in [-0.05, 0) is 37.3 Å². The van der Waals surface area contributed by atoms with Crippen LogP contribution < -0.4 is 10.2 Å². The summed E-state index contributed by atoms with van der Waals surface area (Å²) in [5.41, 5.74) is 1.17. The van der Waals surface area contributed by atoms with Crippen molar-refractivity contribution in [2.45, 2.75) is 19.5 Å². The Kier molecular flexibility index (Phi) is 5.69. The average Bonchev–Trinajstić information content (AvgIpc) is 2.49. The first-order valence-corrected chi connectivity index (χ1v) is 7.57. The number of halogens is 3. The molecule has 0 radical (unpaired) electrons. The van der Waals surface area contributed by atoms with E-state index in [-0.39, 0.29) is 22.8 Å². The van der Waals surface area contributed by atoms with Crippen molar-refractivity contribution in [2.75, 3.05) is 12.4 Å². The van der Waals surface area contributed by atoms with Gasteiger partial charge in [-0.15, -0.1) is 0 Å². The number of carbonyl (C=O) groups excluding carboxylic acids is 1. The van der Waals surface area contributed by atoms with Crippen LogP contribution in [0.2, 0.25) is 5.02 Å². The van der Waals surface area contributed by atoms with E-state index in [4.69, 9.17) is 11.6 Å². The van der Waals surface area contributed by atoms with Gasteiger partial charge in [0, 0.05) is 5.56 Å². The highest BCUT2D eigenvalue weighted by molar-refractivity contribution is 6.33. The summed E-state index contributed by atoms with van der Waals surface area (Å²) in [5, 5.41) is 2.83. The lowest BCUT2D eigenvalue weighted by Crippen LogP contribution is -3.12. The minimum Gasteiger partial charge on any atom is -0.324 e. The molecule has 2 N–H and O–H groups in total. The first-order valence-electron chi connectivity index (χ1n) is 7.19. The van der Waals surface area contributed by atoms with Crippen LogP contribution in [0.15, 0.2) is 42.5 Å². The fourth-order valence-electron chi connectivity index (χ4n) is 2.18. The smallest absolute Gasteiger partial charge is 0.282 e. The number of nitrogens with one attached hydrogen (secondary N) is 2. The minimum atomic E-state index is -0.463. The molecule has 2 aromatic carbocycles. The SMILES string of the molecule is C[C@H](C(=O)Nc1ccc(F)cc1Cl)[NH+](C)Cc1cccc(F)c1. The molecule has 0 aliphatic rings. The Morgan fingerprint density at radius 3 is 2.57 bits per heavy atom. The third-order valence-electron chi connectivity index (χ3n) is 3.69. The van der Waals surface area contributed by atoms with Gasteiger partial charge < -0.3 is 10.2 Å². The molecule has 122 valence electrons. The molecular formula is C17H18ClF2N2O+. The monoisotopic (exact) mass is 339 g/mol. The van der Waals surface area contributed by atoms with Crippen molar-refractivity contribution < 1.29 is 18.5 Å². The highest BCUT2D eigenvalue weighted by atomic mass is 35.5. The second-order valence-electron chi connectivity index (χ2n) is 5.49. The molecular weight excluding hydrogens is 322 g/mol. The molecule has 2 atom stereocenters. The van der Waals surface area contributed by atoms with Gasteiger partial charge in [0.1, 0.15) is 18.2 Å². The molecule has 0 saturated carbocycles. The van der Waals surface area contributed by atoms with Crippen molar-refractivity contribution in [2.24, 2.45) is 0 Å². The molecule has 0 fully saturated rings. The molecule has 2 rings (SSSR count). The molecule has 1 amide bonds. The maximum absolute atomic E-state index is 13.2. The first-order chi connectivity index (χ1) is 10.9.